The zero-order valence-electron chi connectivity index (χ0n) is 9.56. The smallest absolute Gasteiger partial charge is 0.216 e. The van der Waals surface area contributed by atoms with Gasteiger partial charge in [0, 0.05) is 11.6 Å². The maximum Gasteiger partial charge on any atom is 0.216 e. The number of hydrogen-bond donors (Lipinski definition) is 1. The Kier molecular flexibility index (Phi) is 4.59. The molecule has 1 aliphatic rings. The lowest BCUT2D eigenvalue weighted by atomic mass is 9.97. The Hall–Kier alpha value is 0.0500. The molecule has 1 aliphatic heterocycles. The van der Waals surface area contributed by atoms with Crippen molar-refractivity contribution in [3.8, 4) is 0 Å². The summed E-state index contributed by atoms with van der Waals surface area (Å²) in [6.45, 7) is 1.14. The number of hydrogen-bond acceptors (Lipinski definition) is 1. The first-order chi connectivity index (χ1) is 8.05. The SMILES string of the molecule is ClC(Cl)(Cl)c1ccc(CC2CCCCN2)cc1. The van der Waals surface area contributed by atoms with Crippen LogP contribution in [0.25, 0.3) is 0 Å². The van der Waals surface area contributed by atoms with E-state index in [1.165, 1.54) is 24.8 Å². The van der Waals surface area contributed by atoms with Gasteiger partial charge in [0.05, 0.1) is 0 Å². The van der Waals surface area contributed by atoms with Gasteiger partial charge in [0.25, 0.3) is 0 Å². The summed E-state index contributed by atoms with van der Waals surface area (Å²) in [5.41, 5.74) is 2.02. The summed E-state index contributed by atoms with van der Waals surface area (Å²) in [5, 5.41) is 3.53. The van der Waals surface area contributed by atoms with E-state index in [0.717, 1.165) is 18.5 Å². The summed E-state index contributed by atoms with van der Waals surface area (Å²) in [6, 6.07) is 8.49. The van der Waals surface area contributed by atoms with Crippen LogP contribution in [0.15, 0.2) is 24.3 Å². The molecule has 17 heavy (non-hydrogen) atoms. The molecule has 1 aromatic carbocycles. The highest BCUT2D eigenvalue weighted by molar-refractivity contribution is 6.66. The molecule has 0 amide bonds. The van der Waals surface area contributed by atoms with Gasteiger partial charge in [0.1, 0.15) is 0 Å². The highest BCUT2D eigenvalue weighted by Gasteiger charge is 2.22. The van der Waals surface area contributed by atoms with Crippen molar-refractivity contribution in [3.05, 3.63) is 35.4 Å². The predicted molar refractivity (Wildman–Crippen MR) is 75.0 cm³/mol. The molecule has 94 valence electrons. The maximum absolute atomic E-state index is 5.82. The van der Waals surface area contributed by atoms with Crippen LogP contribution in [-0.4, -0.2) is 12.6 Å². The van der Waals surface area contributed by atoms with Crippen molar-refractivity contribution in [3.63, 3.8) is 0 Å². The average molecular weight is 293 g/mol. The second kappa shape index (κ2) is 5.79. The number of halogens is 3. The lowest BCUT2D eigenvalue weighted by molar-refractivity contribution is 0.399. The van der Waals surface area contributed by atoms with E-state index in [2.05, 4.69) is 5.32 Å². The van der Waals surface area contributed by atoms with Crippen LogP contribution in [0.4, 0.5) is 0 Å². The van der Waals surface area contributed by atoms with Gasteiger partial charge in [0.15, 0.2) is 0 Å². The fourth-order valence-corrected chi connectivity index (χ4v) is 2.59. The minimum atomic E-state index is -1.32. The normalized spacial score (nSPS) is 21.5. The van der Waals surface area contributed by atoms with E-state index in [1.54, 1.807) is 0 Å². The Morgan fingerprint density at radius 3 is 2.35 bits per heavy atom. The number of benzene rings is 1. The summed E-state index contributed by atoms with van der Waals surface area (Å²) >= 11 is 17.5. The van der Waals surface area contributed by atoms with Crippen molar-refractivity contribution >= 4 is 34.8 Å². The second-order valence-corrected chi connectivity index (χ2v) is 6.83. The predicted octanol–water partition coefficient (Wildman–Crippen LogP) is 4.20. The largest absolute Gasteiger partial charge is 0.314 e. The molecule has 0 radical (unpaired) electrons. The number of alkyl halides is 3. The van der Waals surface area contributed by atoms with Crippen LogP contribution < -0.4 is 5.32 Å². The van der Waals surface area contributed by atoms with Gasteiger partial charge in [-0.05, 0) is 31.4 Å². The molecule has 0 aliphatic carbocycles. The molecule has 0 aromatic heterocycles. The third-order valence-electron chi connectivity index (χ3n) is 3.18. The average Bonchev–Trinajstić information content (AvgIpc) is 2.30. The molecule has 1 heterocycles. The van der Waals surface area contributed by atoms with Gasteiger partial charge in [-0.3, -0.25) is 0 Å². The molecule has 1 saturated heterocycles. The Balaban J connectivity index is 1.98. The fraction of sp³-hybridized carbons (Fsp3) is 0.538. The molecular formula is C13H16Cl3N. The monoisotopic (exact) mass is 291 g/mol. The van der Waals surface area contributed by atoms with E-state index in [0.29, 0.717) is 6.04 Å². The van der Waals surface area contributed by atoms with Crippen LogP contribution in [0.5, 0.6) is 0 Å². The van der Waals surface area contributed by atoms with E-state index in [9.17, 15) is 0 Å². The first-order valence-electron chi connectivity index (χ1n) is 5.95. The van der Waals surface area contributed by atoms with Crippen molar-refractivity contribution in [1.29, 1.82) is 0 Å². The van der Waals surface area contributed by atoms with Gasteiger partial charge in [-0.25, -0.2) is 0 Å². The second-order valence-electron chi connectivity index (χ2n) is 4.55. The molecule has 1 atom stereocenters. The zero-order valence-corrected chi connectivity index (χ0v) is 11.8. The van der Waals surface area contributed by atoms with Gasteiger partial charge in [-0.1, -0.05) is 65.5 Å². The molecule has 4 heteroatoms. The molecule has 1 N–H and O–H groups in total. The maximum atomic E-state index is 5.82. The molecule has 1 unspecified atom stereocenters. The minimum absolute atomic E-state index is 0.599. The molecule has 1 nitrogen and oxygen atoms in total. The number of rotatable bonds is 2. The van der Waals surface area contributed by atoms with Crippen molar-refractivity contribution in [2.24, 2.45) is 0 Å². The topological polar surface area (TPSA) is 12.0 Å². The van der Waals surface area contributed by atoms with Crippen LogP contribution in [-0.2, 0) is 10.2 Å². The van der Waals surface area contributed by atoms with Crippen LogP contribution in [0.2, 0.25) is 0 Å². The first-order valence-corrected chi connectivity index (χ1v) is 7.08. The Bertz CT molecular complexity index is 350. The Morgan fingerprint density at radius 1 is 1.12 bits per heavy atom. The van der Waals surface area contributed by atoms with Crippen LogP contribution in [0.1, 0.15) is 30.4 Å². The van der Waals surface area contributed by atoms with E-state index in [4.69, 9.17) is 34.8 Å². The molecule has 0 saturated carbocycles. The number of nitrogens with one attached hydrogen (secondary N) is 1. The quantitative estimate of drug-likeness (QED) is 0.806. The highest BCUT2D eigenvalue weighted by atomic mass is 35.6. The van der Waals surface area contributed by atoms with Gasteiger partial charge in [-0.2, -0.15) is 0 Å². The Morgan fingerprint density at radius 2 is 1.82 bits per heavy atom. The Labute approximate surface area is 117 Å². The summed E-state index contributed by atoms with van der Waals surface area (Å²) in [4.78, 5) is 0. The van der Waals surface area contributed by atoms with Crippen molar-refractivity contribution in [2.45, 2.75) is 35.5 Å². The third kappa shape index (κ3) is 4.03. The van der Waals surface area contributed by atoms with Gasteiger partial charge >= 0.3 is 0 Å². The molecule has 1 fully saturated rings. The summed E-state index contributed by atoms with van der Waals surface area (Å²) in [6.07, 6.45) is 4.93. The van der Waals surface area contributed by atoms with Crippen molar-refractivity contribution < 1.29 is 0 Å². The summed E-state index contributed by atoms with van der Waals surface area (Å²) < 4.78 is -1.32. The minimum Gasteiger partial charge on any atom is -0.314 e. The van der Waals surface area contributed by atoms with Crippen LogP contribution >= 0.6 is 34.8 Å². The van der Waals surface area contributed by atoms with E-state index in [1.807, 2.05) is 24.3 Å². The number of piperidine rings is 1. The molecule has 1 aromatic rings. The molecule has 0 bridgehead atoms. The van der Waals surface area contributed by atoms with E-state index < -0.39 is 3.79 Å². The molecule has 0 spiro atoms. The highest BCUT2D eigenvalue weighted by Crippen LogP contribution is 2.38. The van der Waals surface area contributed by atoms with Crippen molar-refractivity contribution in [1.82, 2.24) is 5.32 Å². The summed E-state index contributed by atoms with van der Waals surface area (Å²) in [5.74, 6) is 0. The lowest BCUT2D eigenvalue weighted by Gasteiger charge is -2.23. The fourth-order valence-electron chi connectivity index (χ4n) is 2.21. The van der Waals surface area contributed by atoms with Gasteiger partial charge < -0.3 is 5.32 Å². The lowest BCUT2D eigenvalue weighted by Crippen LogP contribution is -2.35. The summed E-state index contributed by atoms with van der Waals surface area (Å²) in [7, 11) is 0. The molecular weight excluding hydrogens is 277 g/mol. The third-order valence-corrected chi connectivity index (χ3v) is 3.83. The van der Waals surface area contributed by atoms with Crippen LogP contribution in [0, 0.1) is 0 Å². The van der Waals surface area contributed by atoms with Gasteiger partial charge in [-0.15, -0.1) is 0 Å². The van der Waals surface area contributed by atoms with Crippen molar-refractivity contribution in [2.75, 3.05) is 6.54 Å². The zero-order chi connectivity index (χ0) is 12.3. The standard InChI is InChI=1S/C13H16Cl3N/c14-13(15,16)11-6-4-10(5-7-11)9-12-3-1-2-8-17-12/h4-7,12,17H,1-3,8-9H2. The van der Waals surface area contributed by atoms with E-state index in [-0.39, 0.29) is 0 Å². The van der Waals surface area contributed by atoms with Crippen LogP contribution in [0.3, 0.4) is 0 Å². The first kappa shape index (κ1) is 13.5. The molecule has 2 rings (SSSR count). The van der Waals surface area contributed by atoms with E-state index >= 15 is 0 Å². The van der Waals surface area contributed by atoms with Gasteiger partial charge in [0.2, 0.25) is 3.79 Å².